The second kappa shape index (κ2) is 7.43. The van der Waals surface area contributed by atoms with Gasteiger partial charge in [0.15, 0.2) is 0 Å². The molecule has 4 nitrogen and oxygen atoms in total. The number of hydrogen-bond donors (Lipinski definition) is 0. The second-order valence-corrected chi connectivity index (χ2v) is 7.55. The molecule has 4 rings (SSSR count). The molecule has 0 bridgehead atoms. The number of rotatable bonds is 5. The van der Waals surface area contributed by atoms with Crippen LogP contribution in [0, 0.1) is 6.92 Å². The molecule has 0 radical (unpaired) electrons. The van der Waals surface area contributed by atoms with Crippen LogP contribution in [0.1, 0.15) is 11.5 Å². The standard InChI is InChI=1S/C20H17N3OS2/c1-13-21-17-9-5-3-7-15(17)19(22-13)25-11-14-12-26-20(23-14)16-8-4-6-10-18(16)24-2/h3-10,12H,11H2,1-2H3. The van der Waals surface area contributed by atoms with Gasteiger partial charge in [-0.05, 0) is 25.1 Å². The van der Waals surface area contributed by atoms with E-state index in [1.165, 1.54) is 0 Å². The number of benzene rings is 2. The Hall–Kier alpha value is -2.44. The van der Waals surface area contributed by atoms with Crippen molar-refractivity contribution in [2.75, 3.05) is 7.11 Å². The van der Waals surface area contributed by atoms with Crippen molar-refractivity contribution < 1.29 is 4.74 Å². The summed E-state index contributed by atoms with van der Waals surface area (Å²) in [5, 5.41) is 5.16. The fourth-order valence-electron chi connectivity index (χ4n) is 2.73. The summed E-state index contributed by atoms with van der Waals surface area (Å²) in [4.78, 5) is 13.9. The number of aromatic nitrogens is 3. The molecule has 0 saturated heterocycles. The number of methoxy groups -OCH3 is 1. The van der Waals surface area contributed by atoms with E-state index in [9.17, 15) is 0 Å². The lowest BCUT2D eigenvalue weighted by molar-refractivity contribution is 0.416. The summed E-state index contributed by atoms with van der Waals surface area (Å²) >= 11 is 3.33. The van der Waals surface area contributed by atoms with Crippen molar-refractivity contribution in [3.05, 3.63) is 65.4 Å². The Morgan fingerprint density at radius 2 is 1.81 bits per heavy atom. The van der Waals surface area contributed by atoms with Gasteiger partial charge in [0.1, 0.15) is 21.6 Å². The number of fused-ring (bicyclic) bond motifs is 1. The van der Waals surface area contributed by atoms with E-state index in [2.05, 4.69) is 21.4 Å². The molecule has 0 aliphatic carbocycles. The maximum atomic E-state index is 5.44. The molecule has 0 N–H and O–H groups in total. The predicted octanol–water partition coefficient (Wildman–Crippen LogP) is 5.36. The molecule has 130 valence electrons. The zero-order valence-electron chi connectivity index (χ0n) is 14.5. The van der Waals surface area contributed by atoms with Crippen LogP contribution in [0.5, 0.6) is 5.75 Å². The molecular formula is C20H17N3OS2. The summed E-state index contributed by atoms with van der Waals surface area (Å²) in [6, 6.07) is 16.1. The van der Waals surface area contributed by atoms with Gasteiger partial charge < -0.3 is 4.74 Å². The van der Waals surface area contributed by atoms with E-state index in [-0.39, 0.29) is 0 Å². The van der Waals surface area contributed by atoms with E-state index in [0.717, 1.165) is 49.5 Å². The Labute approximate surface area is 160 Å². The third-order valence-corrected chi connectivity index (χ3v) is 5.88. The van der Waals surface area contributed by atoms with Crippen molar-refractivity contribution in [3.8, 4) is 16.3 Å². The third kappa shape index (κ3) is 3.43. The molecule has 0 aliphatic rings. The van der Waals surface area contributed by atoms with Crippen LogP contribution >= 0.6 is 23.1 Å². The van der Waals surface area contributed by atoms with Crippen LogP contribution in [0.4, 0.5) is 0 Å². The third-order valence-electron chi connectivity index (χ3n) is 3.93. The first-order chi connectivity index (χ1) is 12.7. The summed E-state index contributed by atoms with van der Waals surface area (Å²) in [5.41, 5.74) is 3.05. The highest BCUT2D eigenvalue weighted by Gasteiger charge is 2.11. The average molecular weight is 380 g/mol. The molecule has 6 heteroatoms. The van der Waals surface area contributed by atoms with Crippen LogP contribution in [-0.4, -0.2) is 22.1 Å². The molecule has 0 spiro atoms. The van der Waals surface area contributed by atoms with Crippen molar-refractivity contribution in [1.29, 1.82) is 0 Å². The monoisotopic (exact) mass is 379 g/mol. The number of ether oxygens (including phenoxy) is 1. The van der Waals surface area contributed by atoms with Crippen LogP contribution in [0.2, 0.25) is 0 Å². The summed E-state index contributed by atoms with van der Waals surface area (Å²) < 4.78 is 5.44. The van der Waals surface area contributed by atoms with Crippen molar-refractivity contribution >= 4 is 34.0 Å². The Morgan fingerprint density at radius 1 is 1.00 bits per heavy atom. The van der Waals surface area contributed by atoms with Crippen molar-refractivity contribution in [2.45, 2.75) is 17.7 Å². The lowest BCUT2D eigenvalue weighted by Gasteiger charge is -2.06. The van der Waals surface area contributed by atoms with Gasteiger partial charge in [-0.3, -0.25) is 0 Å². The molecule has 26 heavy (non-hydrogen) atoms. The SMILES string of the molecule is COc1ccccc1-c1nc(CSc2nc(C)nc3ccccc23)cs1. The van der Waals surface area contributed by atoms with Gasteiger partial charge >= 0.3 is 0 Å². The predicted molar refractivity (Wildman–Crippen MR) is 108 cm³/mol. The van der Waals surface area contributed by atoms with Gasteiger partial charge in [-0.2, -0.15) is 0 Å². The fraction of sp³-hybridized carbons (Fsp3) is 0.150. The maximum Gasteiger partial charge on any atom is 0.129 e. The first-order valence-electron chi connectivity index (χ1n) is 8.18. The summed E-state index contributed by atoms with van der Waals surface area (Å²) in [6.07, 6.45) is 0. The molecule has 0 aliphatic heterocycles. The molecule has 0 unspecified atom stereocenters. The zero-order chi connectivity index (χ0) is 17.9. The minimum atomic E-state index is 0.770. The maximum absolute atomic E-state index is 5.44. The van der Waals surface area contributed by atoms with E-state index in [0.29, 0.717) is 0 Å². The van der Waals surface area contributed by atoms with E-state index >= 15 is 0 Å². The van der Waals surface area contributed by atoms with Crippen LogP contribution < -0.4 is 4.74 Å². The van der Waals surface area contributed by atoms with E-state index in [4.69, 9.17) is 9.72 Å². The fourth-order valence-corrected chi connectivity index (χ4v) is 4.64. The first kappa shape index (κ1) is 17.0. The van der Waals surface area contributed by atoms with E-state index in [1.807, 2.05) is 49.4 Å². The van der Waals surface area contributed by atoms with E-state index < -0.39 is 0 Å². The van der Waals surface area contributed by atoms with Crippen LogP contribution in [0.25, 0.3) is 21.5 Å². The van der Waals surface area contributed by atoms with E-state index in [1.54, 1.807) is 30.2 Å². The second-order valence-electron chi connectivity index (χ2n) is 5.73. The van der Waals surface area contributed by atoms with Crippen molar-refractivity contribution in [3.63, 3.8) is 0 Å². The molecule has 2 aromatic carbocycles. The molecule has 0 saturated carbocycles. The molecule has 0 atom stereocenters. The highest BCUT2D eigenvalue weighted by molar-refractivity contribution is 7.98. The minimum Gasteiger partial charge on any atom is -0.496 e. The Balaban J connectivity index is 1.58. The number of nitrogens with zero attached hydrogens (tertiary/aromatic N) is 3. The molecule has 0 amide bonds. The van der Waals surface area contributed by atoms with Crippen LogP contribution in [0.15, 0.2) is 58.9 Å². The van der Waals surface area contributed by atoms with Gasteiger partial charge in [-0.15, -0.1) is 11.3 Å². The summed E-state index contributed by atoms with van der Waals surface area (Å²) in [6.45, 7) is 1.93. The van der Waals surface area contributed by atoms with Gasteiger partial charge in [0.05, 0.1) is 23.9 Å². The van der Waals surface area contributed by atoms with Gasteiger partial charge in [0.25, 0.3) is 0 Å². The number of hydrogen-bond acceptors (Lipinski definition) is 6. The average Bonchev–Trinajstić information content (AvgIpc) is 3.14. The minimum absolute atomic E-state index is 0.770. The highest BCUT2D eigenvalue weighted by atomic mass is 32.2. The van der Waals surface area contributed by atoms with Gasteiger partial charge in [-0.25, -0.2) is 15.0 Å². The Morgan fingerprint density at radius 3 is 2.69 bits per heavy atom. The largest absolute Gasteiger partial charge is 0.496 e. The quantitative estimate of drug-likeness (QED) is 0.345. The smallest absolute Gasteiger partial charge is 0.129 e. The van der Waals surface area contributed by atoms with Crippen LogP contribution in [-0.2, 0) is 5.75 Å². The van der Waals surface area contributed by atoms with Gasteiger partial charge in [0.2, 0.25) is 0 Å². The van der Waals surface area contributed by atoms with Gasteiger partial charge in [-0.1, -0.05) is 42.1 Å². The number of aryl methyl sites for hydroxylation is 1. The zero-order valence-corrected chi connectivity index (χ0v) is 16.1. The normalized spacial score (nSPS) is 11.0. The Bertz CT molecular complexity index is 1060. The number of thiazole rings is 1. The van der Waals surface area contributed by atoms with Crippen LogP contribution in [0.3, 0.4) is 0 Å². The molecular weight excluding hydrogens is 362 g/mol. The summed E-state index contributed by atoms with van der Waals surface area (Å²) in [5.74, 6) is 2.41. The topological polar surface area (TPSA) is 47.9 Å². The molecule has 2 aromatic heterocycles. The van der Waals surface area contributed by atoms with Crippen molar-refractivity contribution in [1.82, 2.24) is 15.0 Å². The molecule has 4 aromatic rings. The van der Waals surface area contributed by atoms with Crippen molar-refractivity contribution in [2.24, 2.45) is 0 Å². The molecule has 0 fully saturated rings. The molecule has 2 heterocycles. The lowest BCUT2D eigenvalue weighted by atomic mass is 10.2. The Kier molecular flexibility index (Phi) is 4.86. The summed E-state index contributed by atoms with van der Waals surface area (Å²) in [7, 11) is 1.69. The highest BCUT2D eigenvalue weighted by Crippen LogP contribution is 2.34. The number of para-hydroxylation sites is 2. The van der Waals surface area contributed by atoms with Gasteiger partial charge in [0, 0.05) is 16.5 Å². The lowest BCUT2D eigenvalue weighted by Crippen LogP contribution is -1.93. The number of thioether (sulfide) groups is 1. The first-order valence-corrected chi connectivity index (χ1v) is 10.0.